The van der Waals surface area contributed by atoms with Gasteiger partial charge in [-0.1, -0.05) is 29.3 Å². The highest BCUT2D eigenvalue weighted by atomic mass is 35.5. The van der Waals surface area contributed by atoms with Gasteiger partial charge in [-0.25, -0.2) is 4.39 Å². The quantitative estimate of drug-likeness (QED) is 0.793. The molecule has 0 heterocycles. The number of benzene rings is 1. The van der Waals surface area contributed by atoms with Crippen LogP contribution in [0, 0.1) is 5.82 Å². The molecule has 0 aromatic heterocycles. The van der Waals surface area contributed by atoms with Gasteiger partial charge in [-0.3, -0.25) is 0 Å². The summed E-state index contributed by atoms with van der Waals surface area (Å²) >= 11 is 5.70. The summed E-state index contributed by atoms with van der Waals surface area (Å²) < 4.78 is 13.5. The minimum absolute atomic E-state index is 0.255. The highest BCUT2D eigenvalue weighted by Gasteiger charge is 2.13. The van der Waals surface area contributed by atoms with Crippen LogP contribution in [-0.4, -0.2) is 6.04 Å². The summed E-state index contributed by atoms with van der Waals surface area (Å²) in [5.74, 6) is -0.255. The van der Waals surface area contributed by atoms with E-state index in [1.165, 1.54) is 11.6 Å². The van der Waals surface area contributed by atoms with Crippen molar-refractivity contribution in [3.63, 3.8) is 0 Å². The van der Waals surface area contributed by atoms with Crippen molar-refractivity contribution in [2.75, 3.05) is 0 Å². The maximum atomic E-state index is 13.5. The molecule has 2 N–H and O–H groups in total. The van der Waals surface area contributed by atoms with Gasteiger partial charge in [0.25, 0.3) is 0 Å². The van der Waals surface area contributed by atoms with Crippen LogP contribution >= 0.6 is 11.6 Å². The summed E-state index contributed by atoms with van der Waals surface area (Å²) in [7, 11) is 0. The molecular formula is C13H15ClFN. The molecule has 1 aromatic rings. The highest BCUT2D eigenvalue weighted by molar-refractivity contribution is 6.30. The first kappa shape index (κ1) is 11.6. The summed E-state index contributed by atoms with van der Waals surface area (Å²) in [5.41, 5.74) is 7.72. The summed E-state index contributed by atoms with van der Waals surface area (Å²) in [5, 5.41) is 0.435. The Kier molecular flexibility index (Phi) is 3.62. The van der Waals surface area contributed by atoms with Crippen LogP contribution in [0.5, 0.6) is 0 Å². The Morgan fingerprint density at radius 2 is 2.00 bits per heavy atom. The predicted octanol–water partition coefficient (Wildman–Crippen LogP) is 3.76. The molecule has 0 atom stereocenters. The molecule has 0 saturated heterocycles. The van der Waals surface area contributed by atoms with E-state index in [9.17, 15) is 4.39 Å². The third-order valence-corrected chi connectivity index (χ3v) is 3.23. The molecule has 1 aliphatic carbocycles. The smallest absolute Gasteiger partial charge is 0.131 e. The molecule has 0 unspecified atom stereocenters. The Balaban J connectivity index is 2.16. The zero-order valence-electron chi connectivity index (χ0n) is 9.05. The van der Waals surface area contributed by atoms with Gasteiger partial charge < -0.3 is 5.73 Å². The van der Waals surface area contributed by atoms with E-state index < -0.39 is 0 Å². The lowest BCUT2D eigenvalue weighted by Crippen LogP contribution is -2.23. The summed E-state index contributed by atoms with van der Waals surface area (Å²) in [6.45, 7) is 0. The molecule has 16 heavy (non-hydrogen) atoms. The molecule has 1 nitrogen and oxygen atoms in total. The second kappa shape index (κ2) is 4.98. The van der Waals surface area contributed by atoms with Crippen LogP contribution in [0.15, 0.2) is 23.8 Å². The topological polar surface area (TPSA) is 26.0 Å². The maximum absolute atomic E-state index is 13.5. The van der Waals surface area contributed by atoms with Crippen LogP contribution in [-0.2, 0) is 0 Å². The van der Waals surface area contributed by atoms with Gasteiger partial charge >= 0.3 is 0 Å². The first-order valence-electron chi connectivity index (χ1n) is 5.55. The van der Waals surface area contributed by atoms with E-state index in [1.807, 2.05) is 6.08 Å². The zero-order chi connectivity index (χ0) is 11.5. The summed E-state index contributed by atoms with van der Waals surface area (Å²) in [6, 6.07) is 5.10. The van der Waals surface area contributed by atoms with Crippen molar-refractivity contribution >= 4 is 17.7 Å². The van der Waals surface area contributed by atoms with Gasteiger partial charge in [0.1, 0.15) is 5.82 Å². The van der Waals surface area contributed by atoms with Crippen LogP contribution in [0.2, 0.25) is 5.02 Å². The van der Waals surface area contributed by atoms with Gasteiger partial charge in [-0.05, 0) is 37.8 Å². The number of halogens is 2. The fourth-order valence-electron chi connectivity index (χ4n) is 1.99. The van der Waals surface area contributed by atoms with Crippen LogP contribution in [0.25, 0.3) is 6.08 Å². The second-order valence-electron chi connectivity index (χ2n) is 4.31. The fraction of sp³-hybridized carbons (Fsp3) is 0.385. The zero-order valence-corrected chi connectivity index (χ0v) is 9.80. The second-order valence-corrected chi connectivity index (χ2v) is 4.74. The Hall–Kier alpha value is -0.860. The third kappa shape index (κ3) is 2.83. The van der Waals surface area contributed by atoms with Crippen LogP contribution in [0.4, 0.5) is 4.39 Å². The van der Waals surface area contributed by atoms with Gasteiger partial charge in [-0.2, -0.15) is 0 Å². The van der Waals surface area contributed by atoms with E-state index in [2.05, 4.69) is 0 Å². The van der Waals surface area contributed by atoms with Gasteiger partial charge in [0.15, 0.2) is 0 Å². The number of hydrogen-bond acceptors (Lipinski definition) is 1. The van der Waals surface area contributed by atoms with Crippen molar-refractivity contribution in [1.82, 2.24) is 0 Å². The van der Waals surface area contributed by atoms with Crippen LogP contribution < -0.4 is 5.73 Å². The molecular weight excluding hydrogens is 225 g/mol. The van der Waals surface area contributed by atoms with Gasteiger partial charge in [0.2, 0.25) is 0 Å². The normalized spacial score (nSPS) is 20.9. The molecule has 1 saturated carbocycles. The molecule has 2 rings (SSSR count). The molecule has 3 heteroatoms. The molecule has 86 valence electrons. The van der Waals surface area contributed by atoms with Crippen molar-refractivity contribution in [3.8, 4) is 0 Å². The molecule has 0 radical (unpaired) electrons. The van der Waals surface area contributed by atoms with E-state index in [0.717, 1.165) is 25.7 Å². The monoisotopic (exact) mass is 239 g/mol. The average molecular weight is 240 g/mol. The van der Waals surface area contributed by atoms with Crippen LogP contribution in [0.3, 0.4) is 0 Å². The Bertz CT molecular complexity index is 404. The van der Waals surface area contributed by atoms with Gasteiger partial charge in [0.05, 0.1) is 0 Å². The van der Waals surface area contributed by atoms with Crippen molar-refractivity contribution in [2.45, 2.75) is 31.7 Å². The fourth-order valence-corrected chi connectivity index (χ4v) is 2.15. The Morgan fingerprint density at radius 1 is 1.31 bits per heavy atom. The SMILES string of the molecule is NC1CCC(=Cc2ccc(Cl)cc2F)CC1. The first-order valence-corrected chi connectivity index (χ1v) is 5.93. The van der Waals surface area contributed by atoms with Gasteiger partial charge in [-0.15, -0.1) is 0 Å². The van der Waals surface area contributed by atoms with E-state index in [4.69, 9.17) is 17.3 Å². The minimum atomic E-state index is -0.255. The van der Waals surface area contributed by atoms with Gasteiger partial charge in [0, 0.05) is 16.6 Å². The lowest BCUT2D eigenvalue weighted by atomic mass is 9.90. The summed E-state index contributed by atoms with van der Waals surface area (Å²) in [6.07, 6.45) is 5.88. The molecule has 1 fully saturated rings. The van der Waals surface area contributed by atoms with E-state index in [1.54, 1.807) is 12.1 Å². The van der Waals surface area contributed by atoms with E-state index >= 15 is 0 Å². The standard InChI is InChI=1S/C13H15ClFN/c14-11-4-3-10(13(15)8-11)7-9-1-5-12(16)6-2-9/h3-4,7-8,12H,1-2,5-6,16H2. The molecule has 1 aliphatic rings. The van der Waals surface area contributed by atoms with Crippen molar-refractivity contribution in [2.24, 2.45) is 5.73 Å². The maximum Gasteiger partial charge on any atom is 0.131 e. The number of rotatable bonds is 1. The summed E-state index contributed by atoms with van der Waals surface area (Å²) in [4.78, 5) is 0. The van der Waals surface area contributed by atoms with Crippen molar-refractivity contribution in [3.05, 3.63) is 40.2 Å². The Labute approximate surface area is 100 Å². The predicted molar refractivity (Wildman–Crippen MR) is 65.8 cm³/mol. The number of hydrogen-bond donors (Lipinski definition) is 1. The van der Waals surface area contributed by atoms with Crippen LogP contribution in [0.1, 0.15) is 31.2 Å². The van der Waals surface area contributed by atoms with Crippen molar-refractivity contribution in [1.29, 1.82) is 0 Å². The lowest BCUT2D eigenvalue weighted by molar-refractivity contribution is 0.514. The highest BCUT2D eigenvalue weighted by Crippen LogP contribution is 2.26. The lowest BCUT2D eigenvalue weighted by Gasteiger charge is -2.20. The largest absolute Gasteiger partial charge is 0.328 e. The Morgan fingerprint density at radius 3 is 2.62 bits per heavy atom. The molecule has 0 amide bonds. The average Bonchev–Trinajstić information content (AvgIpc) is 2.25. The van der Waals surface area contributed by atoms with Crippen molar-refractivity contribution < 1.29 is 4.39 Å². The van der Waals surface area contributed by atoms with E-state index in [0.29, 0.717) is 16.6 Å². The molecule has 0 bridgehead atoms. The molecule has 1 aromatic carbocycles. The molecule has 0 spiro atoms. The van der Waals surface area contributed by atoms with E-state index in [-0.39, 0.29) is 5.82 Å². The first-order chi connectivity index (χ1) is 7.65. The minimum Gasteiger partial charge on any atom is -0.328 e. The third-order valence-electron chi connectivity index (χ3n) is 2.99. The number of nitrogens with two attached hydrogens (primary N) is 1. The number of allylic oxidation sites excluding steroid dienone is 1. The molecule has 0 aliphatic heterocycles.